The Labute approximate surface area is 182 Å². The summed E-state index contributed by atoms with van der Waals surface area (Å²) in [6.07, 6.45) is -2.34. The second kappa shape index (κ2) is 8.00. The minimum Gasteiger partial charge on any atom is -0.362 e. The van der Waals surface area contributed by atoms with Crippen LogP contribution in [0.25, 0.3) is 0 Å². The Balaban J connectivity index is 1.74. The van der Waals surface area contributed by atoms with E-state index in [9.17, 15) is 22.4 Å². The second-order valence-electron chi connectivity index (χ2n) is 8.34. The fourth-order valence-electron chi connectivity index (χ4n) is 4.58. The van der Waals surface area contributed by atoms with Crippen molar-refractivity contribution in [3.63, 3.8) is 0 Å². The number of nitrogens with zero attached hydrogens (tertiary/aromatic N) is 3. The molecule has 1 N–H and O–H groups in total. The Morgan fingerprint density at radius 1 is 1.16 bits per heavy atom. The lowest BCUT2D eigenvalue weighted by Gasteiger charge is -2.38. The number of hydrogen-bond acceptors (Lipinski definition) is 3. The van der Waals surface area contributed by atoms with Crippen LogP contribution < -0.4 is 5.32 Å². The summed E-state index contributed by atoms with van der Waals surface area (Å²) in [4.78, 5) is 14.9. The van der Waals surface area contributed by atoms with Crippen molar-refractivity contribution in [1.29, 1.82) is 0 Å². The van der Waals surface area contributed by atoms with Gasteiger partial charge >= 0.3 is 6.18 Å². The number of carbonyl (C=O) groups is 1. The third-order valence-electron chi connectivity index (χ3n) is 6.20. The largest absolute Gasteiger partial charge is 0.410 e. The molecule has 10 heteroatoms. The number of benzene rings is 1. The van der Waals surface area contributed by atoms with Gasteiger partial charge < -0.3 is 10.2 Å². The maximum atomic E-state index is 13.9. The predicted octanol–water partition coefficient (Wildman–Crippen LogP) is 5.74. The van der Waals surface area contributed by atoms with E-state index in [0.717, 1.165) is 23.9 Å². The first-order chi connectivity index (χ1) is 14.6. The van der Waals surface area contributed by atoms with Crippen LogP contribution in [0.15, 0.2) is 24.3 Å². The molecule has 4 rings (SSSR count). The summed E-state index contributed by atoms with van der Waals surface area (Å²) in [6, 6.07) is 2.43. The van der Waals surface area contributed by atoms with Gasteiger partial charge in [-0.15, -0.1) is 0 Å². The predicted molar refractivity (Wildman–Crippen MR) is 109 cm³/mol. The third-order valence-corrected chi connectivity index (χ3v) is 6.56. The summed E-state index contributed by atoms with van der Waals surface area (Å²) < 4.78 is 55.8. The van der Waals surface area contributed by atoms with Crippen molar-refractivity contribution in [2.45, 2.75) is 69.9 Å². The number of nitrogens with one attached hydrogen (secondary N) is 1. The van der Waals surface area contributed by atoms with E-state index < -0.39 is 30.0 Å². The molecule has 2 aliphatic rings. The van der Waals surface area contributed by atoms with Gasteiger partial charge in [0.25, 0.3) is 5.91 Å². The monoisotopic (exact) mass is 458 g/mol. The minimum atomic E-state index is -4.60. The highest BCUT2D eigenvalue weighted by molar-refractivity contribution is 6.36. The van der Waals surface area contributed by atoms with Gasteiger partial charge in [-0.25, -0.2) is 9.07 Å². The van der Waals surface area contributed by atoms with E-state index in [4.69, 9.17) is 11.6 Å². The Bertz CT molecular complexity index is 965. The second-order valence-corrected chi connectivity index (χ2v) is 8.72. The fraction of sp³-hybridized carbons (Fsp3) is 0.524. The molecule has 5 nitrogen and oxygen atoms in total. The lowest BCUT2D eigenvalue weighted by Crippen LogP contribution is -2.47. The maximum Gasteiger partial charge on any atom is 0.410 e. The van der Waals surface area contributed by atoms with Crippen molar-refractivity contribution in [3.8, 4) is 0 Å². The zero-order valence-corrected chi connectivity index (χ0v) is 17.8. The highest BCUT2D eigenvalue weighted by Crippen LogP contribution is 2.46. The average Bonchev–Trinajstić information content (AvgIpc) is 3.03. The number of aromatic nitrogens is 2. The molecule has 1 saturated heterocycles. The molecule has 0 bridgehead atoms. The molecule has 168 valence electrons. The zero-order valence-electron chi connectivity index (χ0n) is 17.1. The normalized spacial score (nSPS) is 26.4. The topological polar surface area (TPSA) is 50.2 Å². The van der Waals surface area contributed by atoms with E-state index in [2.05, 4.69) is 10.4 Å². The molecule has 1 amide bonds. The molecule has 2 aliphatic heterocycles. The molecule has 1 aromatic heterocycles. The van der Waals surface area contributed by atoms with E-state index in [-0.39, 0.29) is 35.0 Å². The number of fused-ring (bicyclic) bond motifs is 1. The Morgan fingerprint density at radius 3 is 2.35 bits per heavy atom. The van der Waals surface area contributed by atoms with E-state index in [1.807, 2.05) is 13.8 Å². The van der Waals surface area contributed by atoms with Crippen LogP contribution in [0.1, 0.15) is 67.7 Å². The van der Waals surface area contributed by atoms with Gasteiger partial charge in [0, 0.05) is 18.5 Å². The first-order valence-electron chi connectivity index (χ1n) is 10.3. The van der Waals surface area contributed by atoms with E-state index in [1.165, 1.54) is 24.3 Å². The van der Waals surface area contributed by atoms with Gasteiger partial charge in [0.2, 0.25) is 0 Å². The lowest BCUT2D eigenvalue weighted by molar-refractivity contribution is -0.173. The van der Waals surface area contributed by atoms with Gasteiger partial charge in [0.05, 0.1) is 6.04 Å². The zero-order chi connectivity index (χ0) is 22.5. The van der Waals surface area contributed by atoms with Crippen LogP contribution in [-0.4, -0.2) is 38.8 Å². The number of carbonyl (C=O) groups excluding carboxylic acids is 1. The van der Waals surface area contributed by atoms with Crippen molar-refractivity contribution in [1.82, 2.24) is 14.7 Å². The molecule has 0 radical (unpaired) electrons. The summed E-state index contributed by atoms with van der Waals surface area (Å²) in [6.45, 7) is 3.83. The molecule has 0 saturated carbocycles. The van der Waals surface area contributed by atoms with Crippen LogP contribution >= 0.6 is 11.6 Å². The van der Waals surface area contributed by atoms with E-state index >= 15 is 0 Å². The Hall–Kier alpha value is -2.29. The number of anilines is 1. The molecule has 0 spiro atoms. The number of amides is 1. The number of rotatable bonds is 2. The Morgan fingerprint density at radius 2 is 1.77 bits per heavy atom. The van der Waals surface area contributed by atoms with E-state index in [1.54, 1.807) is 4.90 Å². The van der Waals surface area contributed by atoms with E-state index in [0.29, 0.717) is 5.56 Å². The van der Waals surface area contributed by atoms with Gasteiger partial charge in [-0.3, -0.25) is 4.79 Å². The lowest BCUT2D eigenvalue weighted by atomic mass is 9.96. The molecule has 31 heavy (non-hydrogen) atoms. The third kappa shape index (κ3) is 4.00. The highest BCUT2D eigenvalue weighted by atomic mass is 35.5. The van der Waals surface area contributed by atoms with Gasteiger partial charge in [-0.1, -0.05) is 23.7 Å². The van der Waals surface area contributed by atoms with Crippen molar-refractivity contribution in [2.24, 2.45) is 0 Å². The van der Waals surface area contributed by atoms with Crippen molar-refractivity contribution in [3.05, 3.63) is 46.4 Å². The standard InChI is InChI=1S/C21H23ClF4N4O/c1-11-4-3-5-12(2)29(11)20(31)18-17(22)19-27-15(13-6-8-14(23)9-7-13)10-16(21(24,25)26)30(19)28-18/h6-9,11-12,15-16,27H,3-5,10H2,1-2H3/t11-,12-,15+,16-/m0/s1. The van der Waals surface area contributed by atoms with Crippen LogP contribution in [0.3, 0.4) is 0 Å². The molecule has 3 heterocycles. The van der Waals surface area contributed by atoms with Crippen molar-refractivity contribution in [2.75, 3.05) is 5.32 Å². The molecule has 1 fully saturated rings. The quantitative estimate of drug-likeness (QED) is 0.584. The van der Waals surface area contributed by atoms with Crippen LogP contribution in [-0.2, 0) is 0 Å². The summed E-state index contributed by atoms with van der Waals surface area (Å²) in [5.74, 6) is -0.995. The molecular weight excluding hydrogens is 436 g/mol. The first kappa shape index (κ1) is 21.9. The van der Waals surface area contributed by atoms with Crippen LogP contribution in [0.5, 0.6) is 0 Å². The smallest absolute Gasteiger partial charge is 0.362 e. The van der Waals surface area contributed by atoms with Crippen LogP contribution in [0.2, 0.25) is 5.02 Å². The van der Waals surface area contributed by atoms with Crippen molar-refractivity contribution < 1.29 is 22.4 Å². The SMILES string of the molecule is C[C@H]1CCC[C@H](C)N1C(=O)c1nn2c(c1Cl)N[C@@H](c1ccc(F)cc1)C[C@H]2C(F)(F)F. The van der Waals surface area contributed by atoms with Gasteiger partial charge in [-0.2, -0.15) is 18.3 Å². The molecule has 2 aromatic rings. The molecular formula is C21H23ClF4N4O. The molecule has 4 atom stereocenters. The van der Waals surface area contributed by atoms with Gasteiger partial charge in [0.15, 0.2) is 11.7 Å². The van der Waals surface area contributed by atoms with Crippen LogP contribution in [0.4, 0.5) is 23.4 Å². The summed E-state index contributed by atoms with van der Waals surface area (Å²) >= 11 is 6.42. The van der Waals surface area contributed by atoms with Crippen molar-refractivity contribution >= 4 is 23.3 Å². The summed E-state index contributed by atoms with van der Waals surface area (Å²) in [7, 11) is 0. The molecule has 0 aliphatic carbocycles. The maximum absolute atomic E-state index is 13.9. The Kier molecular flexibility index (Phi) is 5.66. The summed E-state index contributed by atoms with van der Waals surface area (Å²) in [5, 5.41) is 6.89. The summed E-state index contributed by atoms with van der Waals surface area (Å²) in [5.41, 5.74) is 0.309. The average molecular weight is 459 g/mol. The van der Waals surface area contributed by atoms with Crippen LogP contribution in [0, 0.1) is 5.82 Å². The number of piperidine rings is 1. The molecule has 0 unspecified atom stereocenters. The van der Waals surface area contributed by atoms with Gasteiger partial charge in [-0.05, 0) is 50.8 Å². The number of halogens is 5. The van der Waals surface area contributed by atoms with Gasteiger partial charge in [0.1, 0.15) is 16.7 Å². The molecule has 1 aromatic carbocycles. The number of alkyl halides is 3. The fourth-order valence-corrected chi connectivity index (χ4v) is 4.84. The minimum absolute atomic E-state index is 0.0507. The highest BCUT2D eigenvalue weighted by Gasteiger charge is 2.48. The number of likely N-dealkylation sites (tertiary alicyclic amines) is 1. The first-order valence-corrected chi connectivity index (χ1v) is 10.6. The number of hydrogen-bond donors (Lipinski definition) is 1.